The number of nitrogens with zero attached hydrogens (tertiary/aromatic N) is 1. The molecule has 0 aliphatic rings. The Bertz CT molecular complexity index is 47.5. The van der Waals surface area contributed by atoms with Gasteiger partial charge in [-0.1, -0.05) is 0 Å². The molecule has 0 spiro atoms. The highest BCUT2D eigenvalue weighted by atomic mass is 15.1. The molecule has 0 aromatic heterocycles. The molecule has 0 heterocycles. The van der Waals surface area contributed by atoms with Crippen LogP contribution in [0.3, 0.4) is 0 Å². The first-order chi connectivity index (χ1) is 2.77. The maximum absolute atomic E-state index is 3.88. The van der Waals surface area contributed by atoms with Crippen LogP contribution >= 0.6 is 0 Å². The first-order valence-electron chi connectivity index (χ1n) is 2.14. The standard InChI is InChI=1S/C4H10N2/c1-4(2)6-5-3/h4H,1-3H3/p+1. The van der Waals surface area contributed by atoms with E-state index in [1.165, 1.54) is 0 Å². The second-order valence-corrected chi connectivity index (χ2v) is 1.45. The average molecular weight is 87.1 g/mol. The molecule has 0 amide bonds. The number of hydrogen-bond acceptors (Lipinski definition) is 1. The molecule has 6 heavy (non-hydrogen) atoms. The van der Waals surface area contributed by atoms with Crippen molar-refractivity contribution in [3.05, 3.63) is 0 Å². The van der Waals surface area contributed by atoms with E-state index in [4.69, 9.17) is 0 Å². The van der Waals surface area contributed by atoms with E-state index in [1.807, 2.05) is 13.8 Å². The molecule has 0 aromatic rings. The number of hydrogen-bond donors (Lipinski definition) is 1. The molecule has 1 N–H and O–H groups in total. The van der Waals surface area contributed by atoms with Gasteiger partial charge in [0.1, 0.15) is 6.04 Å². The Morgan fingerprint density at radius 3 is 2.00 bits per heavy atom. The summed E-state index contributed by atoms with van der Waals surface area (Å²) in [5.41, 5.74) is 0. The molecule has 0 rings (SSSR count). The van der Waals surface area contributed by atoms with Crippen LogP contribution in [0.1, 0.15) is 13.8 Å². The number of rotatable bonds is 1. The third kappa shape index (κ3) is 3.60. The lowest BCUT2D eigenvalue weighted by molar-refractivity contribution is -0.503. The van der Waals surface area contributed by atoms with Crippen molar-refractivity contribution in [2.45, 2.75) is 19.9 Å². The Morgan fingerprint density at radius 1 is 1.50 bits per heavy atom. The summed E-state index contributed by atoms with van der Waals surface area (Å²) in [4.78, 5) is 0. The smallest absolute Gasteiger partial charge is 0.145 e. The molecule has 2 heteroatoms. The quantitative estimate of drug-likeness (QED) is 0.420. The van der Waals surface area contributed by atoms with Crippen LogP contribution in [0.25, 0.3) is 0 Å². The van der Waals surface area contributed by atoms with Gasteiger partial charge in [0, 0.05) is 0 Å². The van der Waals surface area contributed by atoms with Crippen LogP contribution < -0.4 is 5.11 Å². The molecule has 0 atom stereocenters. The SMILES string of the molecule is C[NH+]=NC(C)C. The highest BCUT2D eigenvalue weighted by molar-refractivity contribution is 4.36. The number of azo groups is 1. The van der Waals surface area contributed by atoms with Gasteiger partial charge in [-0.15, -0.1) is 5.11 Å². The zero-order valence-corrected chi connectivity index (χ0v) is 4.52. The fourth-order valence-electron chi connectivity index (χ4n) is 0.258. The molecule has 0 aromatic carbocycles. The minimum Gasteiger partial charge on any atom is -0.145 e. The topological polar surface area (TPSA) is 26.3 Å². The summed E-state index contributed by atoms with van der Waals surface area (Å²) >= 11 is 0. The Balaban J connectivity index is 3.03. The van der Waals surface area contributed by atoms with E-state index < -0.39 is 0 Å². The summed E-state index contributed by atoms with van der Waals surface area (Å²) in [5, 5.41) is 6.57. The Labute approximate surface area is 38.3 Å². The van der Waals surface area contributed by atoms with Crippen LogP contribution in [0.4, 0.5) is 0 Å². The largest absolute Gasteiger partial charge is 0.155 e. The van der Waals surface area contributed by atoms with Gasteiger partial charge in [-0.3, -0.25) is 0 Å². The van der Waals surface area contributed by atoms with Crippen LogP contribution in [-0.4, -0.2) is 13.1 Å². The predicted octanol–water partition coefficient (Wildman–Crippen LogP) is -0.443. The highest BCUT2D eigenvalue weighted by Gasteiger charge is 1.84. The zero-order valence-electron chi connectivity index (χ0n) is 4.52. The summed E-state index contributed by atoms with van der Waals surface area (Å²) in [5.74, 6) is 0. The van der Waals surface area contributed by atoms with Gasteiger partial charge in [0.05, 0.1) is 0 Å². The lowest BCUT2D eigenvalue weighted by atomic mass is 10.4. The summed E-state index contributed by atoms with van der Waals surface area (Å²) in [6, 6.07) is 0.412. The van der Waals surface area contributed by atoms with Gasteiger partial charge in [0.15, 0.2) is 7.05 Å². The van der Waals surface area contributed by atoms with E-state index in [1.54, 1.807) is 7.05 Å². The maximum Gasteiger partial charge on any atom is 0.155 e. The second-order valence-electron chi connectivity index (χ2n) is 1.45. The van der Waals surface area contributed by atoms with Crippen molar-refractivity contribution in [2.24, 2.45) is 5.11 Å². The van der Waals surface area contributed by atoms with E-state index in [0.717, 1.165) is 0 Å². The lowest BCUT2D eigenvalue weighted by Gasteiger charge is -1.79. The minimum atomic E-state index is 0.412. The molecule has 0 aliphatic carbocycles. The fraction of sp³-hybridized carbons (Fsp3) is 1.00. The van der Waals surface area contributed by atoms with E-state index in [-0.39, 0.29) is 0 Å². The maximum atomic E-state index is 3.88. The van der Waals surface area contributed by atoms with Gasteiger partial charge in [-0.05, 0) is 19.0 Å². The Morgan fingerprint density at radius 2 is 2.00 bits per heavy atom. The molecule has 36 valence electrons. The normalized spacial score (nSPS) is 11.3. The Hall–Kier alpha value is -0.400. The molecule has 2 nitrogen and oxygen atoms in total. The monoisotopic (exact) mass is 87.1 g/mol. The van der Waals surface area contributed by atoms with Crippen LogP contribution in [0.15, 0.2) is 5.11 Å². The van der Waals surface area contributed by atoms with Crippen molar-refractivity contribution < 1.29 is 5.11 Å². The Kier molecular flexibility index (Phi) is 2.63. The molecule has 0 saturated carbocycles. The van der Waals surface area contributed by atoms with Gasteiger partial charge < -0.3 is 0 Å². The molecule has 0 saturated heterocycles. The van der Waals surface area contributed by atoms with Crippen molar-refractivity contribution in [1.82, 2.24) is 0 Å². The van der Waals surface area contributed by atoms with Crippen molar-refractivity contribution in [1.29, 1.82) is 0 Å². The zero-order chi connectivity index (χ0) is 4.99. The van der Waals surface area contributed by atoms with Gasteiger partial charge in [-0.2, -0.15) is 0 Å². The third-order valence-electron chi connectivity index (χ3n) is 0.387. The molecule has 0 fully saturated rings. The van der Waals surface area contributed by atoms with E-state index >= 15 is 0 Å². The molecule has 0 radical (unpaired) electrons. The highest BCUT2D eigenvalue weighted by Crippen LogP contribution is 1.75. The van der Waals surface area contributed by atoms with Crippen molar-refractivity contribution in [3.8, 4) is 0 Å². The van der Waals surface area contributed by atoms with Crippen LogP contribution in [0.2, 0.25) is 0 Å². The van der Waals surface area contributed by atoms with E-state index in [2.05, 4.69) is 10.2 Å². The predicted molar refractivity (Wildman–Crippen MR) is 24.5 cm³/mol. The first kappa shape index (κ1) is 5.60. The van der Waals surface area contributed by atoms with Crippen LogP contribution in [0.5, 0.6) is 0 Å². The fourth-order valence-corrected chi connectivity index (χ4v) is 0.258. The van der Waals surface area contributed by atoms with Gasteiger partial charge in [-0.25, -0.2) is 0 Å². The van der Waals surface area contributed by atoms with Crippen LogP contribution in [-0.2, 0) is 0 Å². The van der Waals surface area contributed by atoms with Crippen molar-refractivity contribution in [2.75, 3.05) is 7.05 Å². The summed E-state index contributed by atoms with van der Waals surface area (Å²) in [6.45, 7) is 4.05. The minimum absolute atomic E-state index is 0.412. The molecule has 0 aliphatic heterocycles. The van der Waals surface area contributed by atoms with E-state index in [0.29, 0.717) is 6.04 Å². The summed E-state index contributed by atoms with van der Waals surface area (Å²) < 4.78 is 0. The average Bonchev–Trinajstić information content (AvgIpc) is 1.35. The number of nitrogens with one attached hydrogen (secondary N) is 1. The molecular formula is C4H11N2+. The van der Waals surface area contributed by atoms with E-state index in [9.17, 15) is 0 Å². The van der Waals surface area contributed by atoms with Gasteiger partial charge in [0.2, 0.25) is 0 Å². The molecular weight excluding hydrogens is 76.1 g/mol. The molecule has 0 bridgehead atoms. The summed E-state index contributed by atoms with van der Waals surface area (Å²) in [6.07, 6.45) is 0. The van der Waals surface area contributed by atoms with Gasteiger partial charge >= 0.3 is 0 Å². The van der Waals surface area contributed by atoms with Crippen molar-refractivity contribution in [3.63, 3.8) is 0 Å². The first-order valence-corrected chi connectivity index (χ1v) is 2.14. The second kappa shape index (κ2) is 2.82. The molecule has 0 unspecified atom stereocenters. The van der Waals surface area contributed by atoms with Gasteiger partial charge in [0.25, 0.3) is 0 Å². The lowest BCUT2D eigenvalue weighted by Crippen LogP contribution is -2.60. The summed E-state index contributed by atoms with van der Waals surface area (Å²) in [7, 11) is 1.81. The van der Waals surface area contributed by atoms with Crippen LogP contribution in [0, 0.1) is 0 Å². The van der Waals surface area contributed by atoms with Crippen molar-refractivity contribution >= 4 is 0 Å². The third-order valence-corrected chi connectivity index (χ3v) is 0.387.